The minimum absolute atomic E-state index is 0.344. The van der Waals surface area contributed by atoms with Gasteiger partial charge in [0.2, 0.25) is 11.7 Å². The molecule has 2 atom stereocenters. The first kappa shape index (κ1) is 12.4. The highest BCUT2D eigenvalue weighted by Crippen LogP contribution is 2.38. The van der Waals surface area contributed by atoms with Crippen LogP contribution in [-0.2, 0) is 0 Å². The lowest BCUT2D eigenvalue weighted by molar-refractivity contribution is 0.326. The highest BCUT2D eigenvalue weighted by Gasteiger charge is 2.31. The summed E-state index contributed by atoms with van der Waals surface area (Å²) in [4.78, 5) is 4.56. The molecule has 3 rings (SSSR count). The lowest BCUT2D eigenvalue weighted by Crippen LogP contribution is -2.17. The van der Waals surface area contributed by atoms with Crippen LogP contribution in [0.15, 0.2) is 28.8 Å². The summed E-state index contributed by atoms with van der Waals surface area (Å²) in [7, 11) is 0. The number of rotatable bonds is 3. The Morgan fingerprint density at radius 1 is 1.26 bits per heavy atom. The Hall–Kier alpha value is -1.68. The lowest BCUT2D eigenvalue weighted by atomic mass is 9.96. The monoisotopic (exact) mass is 257 g/mol. The van der Waals surface area contributed by atoms with E-state index in [1.54, 1.807) is 0 Å². The van der Waals surface area contributed by atoms with Crippen molar-refractivity contribution in [1.82, 2.24) is 10.1 Å². The van der Waals surface area contributed by atoms with Crippen molar-refractivity contribution < 1.29 is 4.52 Å². The number of nitrogens with zero attached hydrogens (tertiary/aromatic N) is 2. The summed E-state index contributed by atoms with van der Waals surface area (Å²) >= 11 is 0. The fraction of sp³-hybridized carbons (Fsp3) is 0.467. The van der Waals surface area contributed by atoms with E-state index < -0.39 is 0 Å². The molecule has 100 valence electrons. The second-order valence-corrected chi connectivity index (χ2v) is 5.36. The third-order valence-electron chi connectivity index (χ3n) is 4.03. The average molecular weight is 257 g/mol. The van der Waals surface area contributed by atoms with Gasteiger partial charge >= 0.3 is 0 Å². The van der Waals surface area contributed by atoms with Crippen molar-refractivity contribution in [3.8, 4) is 11.4 Å². The van der Waals surface area contributed by atoms with Crippen molar-refractivity contribution in [2.24, 2.45) is 11.7 Å². The van der Waals surface area contributed by atoms with Gasteiger partial charge in [0, 0.05) is 11.5 Å². The number of hydrogen-bond acceptors (Lipinski definition) is 4. The normalized spacial score (nSPS) is 22.8. The van der Waals surface area contributed by atoms with Crippen LogP contribution in [0.1, 0.15) is 36.6 Å². The third-order valence-corrected chi connectivity index (χ3v) is 4.03. The van der Waals surface area contributed by atoms with Gasteiger partial charge in [-0.15, -0.1) is 0 Å². The van der Waals surface area contributed by atoms with Crippen LogP contribution in [0.4, 0.5) is 0 Å². The van der Waals surface area contributed by atoms with Gasteiger partial charge in [-0.1, -0.05) is 41.4 Å². The van der Waals surface area contributed by atoms with E-state index in [0.717, 1.165) is 17.9 Å². The van der Waals surface area contributed by atoms with E-state index in [0.29, 0.717) is 24.2 Å². The van der Waals surface area contributed by atoms with Crippen molar-refractivity contribution in [1.29, 1.82) is 0 Å². The van der Waals surface area contributed by atoms with Gasteiger partial charge in [0.25, 0.3) is 0 Å². The van der Waals surface area contributed by atoms with Crippen molar-refractivity contribution in [2.45, 2.75) is 32.1 Å². The molecule has 4 nitrogen and oxygen atoms in total. The molecule has 0 amide bonds. The van der Waals surface area contributed by atoms with Crippen LogP contribution in [0, 0.1) is 12.8 Å². The fourth-order valence-electron chi connectivity index (χ4n) is 2.85. The SMILES string of the molecule is Cc1ccc(-c2noc(C3CCCC3CN)n2)cc1. The Kier molecular flexibility index (Phi) is 3.34. The first-order valence-corrected chi connectivity index (χ1v) is 6.88. The molecule has 2 N–H and O–H groups in total. The molecular weight excluding hydrogens is 238 g/mol. The zero-order valence-electron chi connectivity index (χ0n) is 11.2. The first-order valence-electron chi connectivity index (χ1n) is 6.88. The molecule has 1 aromatic heterocycles. The van der Waals surface area contributed by atoms with E-state index in [-0.39, 0.29) is 0 Å². The molecule has 1 aliphatic carbocycles. The molecule has 0 radical (unpaired) electrons. The summed E-state index contributed by atoms with van der Waals surface area (Å²) in [6.45, 7) is 2.77. The van der Waals surface area contributed by atoms with Crippen LogP contribution >= 0.6 is 0 Å². The average Bonchev–Trinajstić information content (AvgIpc) is 3.07. The quantitative estimate of drug-likeness (QED) is 0.918. The fourth-order valence-corrected chi connectivity index (χ4v) is 2.85. The minimum atomic E-state index is 0.344. The zero-order valence-corrected chi connectivity index (χ0v) is 11.2. The number of nitrogens with two attached hydrogens (primary N) is 1. The van der Waals surface area contributed by atoms with Gasteiger partial charge in [0.15, 0.2) is 0 Å². The van der Waals surface area contributed by atoms with Gasteiger partial charge in [-0.2, -0.15) is 4.98 Å². The van der Waals surface area contributed by atoms with Crippen molar-refractivity contribution >= 4 is 0 Å². The van der Waals surface area contributed by atoms with Gasteiger partial charge in [0.1, 0.15) is 0 Å². The summed E-state index contributed by atoms with van der Waals surface area (Å²) in [6.07, 6.45) is 3.48. The number of benzene rings is 1. The number of hydrogen-bond donors (Lipinski definition) is 1. The van der Waals surface area contributed by atoms with Gasteiger partial charge in [-0.05, 0) is 32.2 Å². The van der Waals surface area contributed by atoms with Crippen LogP contribution in [-0.4, -0.2) is 16.7 Å². The Labute approximate surface area is 113 Å². The largest absolute Gasteiger partial charge is 0.339 e. The molecule has 2 unspecified atom stereocenters. The Morgan fingerprint density at radius 2 is 2.05 bits per heavy atom. The predicted molar refractivity (Wildman–Crippen MR) is 73.6 cm³/mol. The van der Waals surface area contributed by atoms with E-state index in [2.05, 4.69) is 29.2 Å². The summed E-state index contributed by atoms with van der Waals surface area (Å²) < 4.78 is 5.45. The molecule has 1 fully saturated rings. The molecule has 1 saturated carbocycles. The van der Waals surface area contributed by atoms with Crippen LogP contribution in [0.2, 0.25) is 0 Å². The van der Waals surface area contributed by atoms with Crippen LogP contribution in [0.25, 0.3) is 11.4 Å². The van der Waals surface area contributed by atoms with E-state index in [9.17, 15) is 0 Å². The second-order valence-electron chi connectivity index (χ2n) is 5.36. The van der Waals surface area contributed by atoms with Crippen LogP contribution in [0.5, 0.6) is 0 Å². The maximum absolute atomic E-state index is 5.81. The maximum atomic E-state index is 5.81. The molecule has 0 bridgehead atoms. The van der Waals surface area contributed by atoms with E-state index in [1.165, 1.54) is 18.4 Å². The Bertz CT molecular complexity index is 547. The second kappa shape index (κ2) is 5.13. The smallest absolute Gasteiger partial charge is 0.230 e. The van der Waals surface area contributed by atoms with Crippen molar-refractivity contribution in [2.75, 3.05) is 6.54 Å². The van der Waals surface area contributed by atoms with E-state index in [4.69, 9.17) is 10.3 Å². The molecular formula is C15H19N3O. The third kappa shape index (κ3) is 2.40. The summed E-state index contributed by atoms with van der Waals surface area (Å²) in [5, 5.41) is 4.10. The Balaban J connectivity index is 1.85. The first-order chi connectivity index (χ1) is 9.28. The molecule has 2 aromatic rings. The van der Waals surface area contributed by atoms with E-state index in [1.807, 2.05) is 12.1 Å². The molecule has 0 aliphatic heterocycles. The topological polar surface area (TPSA) is 64.9 Å². The maximum Gasteiger partial charge on any atom is 0.230 e. The lowest BCUT2D eigenvalue weighted by Gasteiger charge is -2.12. The van der Waals surface area contributed by atoms with Gasteiger partial charge in [-0.3, -0.25) is 0 Å². The standard InChI is InChI=1S/C15H19N3O/c1-10-5-7-11(8-6-10)14-17-15(19-18-14)13-4-2-3-12(13)9-16/h5-8,12-13H,2-4,9,16H2,1H3. The van der Waals surface area contributed by atoms with Crippen molar-refractivity contribution in [3.05, 3.63) is 35.7 Å². The van der Waals surface area contributed by atoms with Gasteiger partial charge < -0.3 is 10.3 Å². The zero-order chi connectivity index (χ0) is 13.2. The van der Waals surface area contributed by atoms with Crippen molar-refractivity contribution in [3.63, 3.8) is 0 Å². The molecule has 1 heterocycles. The molecule has 1 aromatic carbocycles. The van der Waals surface area contributed by atoms with Gasteiger partial charge in [0.05, 0.1) is 0 Å². The number of aryl methyl sites for hydroxylation is 1. The highest BCUT2D eigenvalue weighted by atomic mass is 16.5. The van der Waals surface area contributed by atoms with Crippen LogP contribution < -0.4 is 5.73 Å². The predicted octanol–water partition coefficient (Wildman–Crippen LogP) is 2.89. The minimum Gasteiger partial charge on any atom is -0.339 e. The van der Waals surface area contributed by atoms with E-state index >= 15 is 0 Å². The molecule has 4 heteroatoms. The molecule has 0 spiro atoms. The summed E-state index contributed by atoms with van der Waals surface area (Å²) in [5.74, 6) is 2.27. The highest BCUT2D eigenvalue weighted by molar-refractivity contribution is 5.54. The summed E-state index contributed by atoms with van der Waals surface area (Å²) in [6, 6.07) is 8.17. The Morgan fingerprint density at radius 3 is 2.79 bits per heavy atom. The molecule has 0 saturated heterocycles. The summed E-state index contributed by atoms with van der Waals surface area (Å²) in [5.41, 5.74) is 8.04. The molecule has 19 heavy (non-hydrogen) atoms. The van der Waals surface area contributed by atoms with Crippen LogP contribution in [0.3, 0.4) is 0 Å². The van der Waals surface area contributed by atoms with Gasteiger partial charge in [-0.25, -0.2) is 0 Å². The molecule has 1 aliphatic rings. The number of aromatic nitrogens is 2.